The zero-order valence-corrected chi connectivity index (χ0v) is 19.4. The van der Waals surface area contributed by atoms with Gasteiger partial charge in [-0.25, -0.2) is 4.98 Å². The Balaban J connectivity index is 1.69. The number of amides is 1. The molecule has 0 fully saturated rings. The maximum Gasteiger partial charge on any atom is 0.266 e. The number of benzene rings is 3. The Bertz CT molecular complexity index is 1400. The van der Waals surface area contributed by atoms with Crippen molar-refractivity contribution in [2.24, 2.45) is 0 Å². The van der Waals surface area contributed by atoms with Gasteiger partial charge in [0, 0.05) is 12.2 Å². The third-order valence-corrected chi connectivity index (χ3v) is 6.14. The van der Waals surface area contributed by atoms with Crippen LogP contribution in [0.1, 0.15) is 6.42 Å². The van der Waals surface area contributed by atoms with E-state index < -0.39 is 0 Å². The van der Waals surface area contributed by atoms with E-state index in [0.717, 1.165) is 5.69 Å². The van der Waals surface area contributed by atoms with E-state index in [2.05, 4.69) is 6.07 Å². The average Bonchev–Trinajstić information content (AvgIpc) is 2.88. The number of hydrogen-bond donors (Lipinski definition) is 0. The summed E-state index contributed by atoms with van der Waals surface area (Å²) in [5.41, 5.74) is 1.71. The summed E-state index contributed by atoms with van der Waals surface area (Å²) in [6.45, 7) is 0.288. The molecule has 0 spiro atoms. The largest absolute Gasteiger partial charge is 0.497 e. The van der Waals surface area contributed by atoms with Crippen molar-refractivity contribution in [2.45, 2.75) is 11.6 Å². The minimum absolute atomic E-state index is 0.0568. The molecular formula is C26H22N4O3S. The van der Waals surface area contributed by atoms with Gasteiger partial charge in [0.1, 0.15) is 5.75 Å². The molecule has 4 aromatic rings. The molecule has 0 bridgehead atoms. The van der Waals surface area contributed by atoms with Crippen LogP contribution >= 0.6 is 11.8 Å². The summed E-state index contributed by atoms with van der Waals surface area (Å²) >= 11 is 1.19. The first-order valence-corrected chi connectivity index (χ1v) is 11.6. The van der Waals surface area contributed by atoms with Gasteiger partial charge in [-0.15, -0.1) is 0 Å². The van der Waals surface area contributed by atoms with Crippen molar-refractivity contribution in [3.63, 3.8) is 0 Å². The van der Waals surface area contributed by atoms with Crippen molar-refractivity contribution in [1.29, 1.82) is 5.26 Å². The lowest BCUT2D eigenvalue weighted by Crippen LogP contribution is -2.33. The number of anilines is 1. The van der Waals surface area contributed by atoms with E-state index in [0.29, 0.717) is 27.5 Å². The minimum atomic E-state index is -0.213. The molecule has 3 aromatic carbocycles. The number of thioether (sulfide) groups is 1. The van der Waals surface area contributed by atoms with Crippen LogP contribution in [0.15, 0.2) is 88.8 Å². The van der Waals surface area contributed by atoms with Crippen LogP contribution in [0.4, 0.5) is 5.69 Å². The molecule has 1 heterocycles. The summed E-state index contributed by atoms with van der Waals surface area (Å²) in [5, 5.41) is 9.94. The molecular weight excluding hydrogens is 448 g/mol. The van der Waals surface area contributed by atoms with Crippen molar-refractivity contribution in [2.75, 3.05) is 24.3 Å². The van der Waals surface area contributed by atoms with E-state index in [1.807, 2.05) is 36.4 Å². The molecule has 0 aliphatic rings. The molecule has 34 heavy (non-hydrogen) atoms. The lowest BCUT2D eigenvalue weighted by atomic mass is 10.2. The summed E-state index contributed by atoms with van der Waals surface area (Å²) in [5.74, 6) is 0.558. The monoisotopic (exact) mass is 470 g/mol. The molecule has 1 aromatic heterocycles. The van der Waals surface area contributed by atoms with Crippen molar-refractivity contribution in [3.05, 3.63) is 89.2 Å². The highest BCUT2D eigenvalue weighted by Crippen LogP contribution is 2.24. The molecule has 0 N–H and O–H groups in total. The number of aromatic nitrogens is 2. The van der Waals surface area contributed by atoms with Gasteiger partial charge in [-0.2, -0.15) is 5.26 Å². The van der Waals surface area contributed by atoms with E-state index >= 15 is 0 Å². The third-order valence-electron chi connectivity index (χ3n) is 5.22. The van der Waals surface area contributed by atoms with E-state index in [1.54, 1.807) is 54.5 Å². The highest BCUT2D eigenvalue weighted by Gasteiger charge is 2.19. The van der Waals surface area contributed by atoms with Crippen LogP contribution in [0.5, 0.6) is 5.75 Å². The van der Waals surface area contributed by atoms with Gasteiger partial charge in [0.25, 0.3) is 5.56 Å². The van der Waals surface area contributed by atoms with Crippen LogP contribution in [0, 0.1) is 11.3 Å². The Kier molecular flexibility index (Phi) is 7.25. The third kappa shape index (κ3) is 4.95. The topological polar surface area (TPSA) is 88.2 Å². The van der Waals surface area contributed by atoms with Crippen LogP contribution in [0.2, 0.25) is 0 Å². The number of carbonyl (C=O) groups excluding carboxylic acids is 1. The molecule has 8 heteroatoms. The van der Waals surface area contributed by atoms with E-state index in [1.165, 1.54) is 16.3 Å². The fourth-order valence-electron chi connectivity index (χ4n) is 3.54. The Morgan fingerprint density at radius 2 is 1.76 bits per heavy atom. The number of para-hydroxylation sites is 2. The number of rotatable bonds is 8. The molecule has 0 saturated carbocycles. The second kappa shape index (κ2) is 10.7. The predicted molar refractivity (Wildman–Crippen MR) is 134 cm³/mol. The van der Waals surface area contributed by atoms with Crippen LogP contribution in [0.25, 0.3) is 16.6 Å². The summed E-state index contributed by atoms with van der Waals surface area (Å²) < 4.78 is 6.75. The number of carbonyl (C=O) groups is 1. The number of ether oxygens (including phenoxy) is 1. The molecule has 0 unspecified atom stereocenters. The molecule has 170 valence electrons. The first kappa shape index (κ1) is 23.1. The molecule has 7 nitrogen and oxygen atoms in total. The number of nitrogens with zero attached hydrogens (tertiary/aromatic N) is 4. The van der Waals surface area contributed by atoms with Crippen LogP contribution in [-0.2, 0) is 4.79 Å². The standard InChI is InChI=1S/C26H22N4O3S/c1-33-21-14-12-20(13-15-21)30-25(32)22-10-5-6-11-23(22)28-26(30)34-18-24(31)29(17-7-16-27)19-8-3-2-4-9-19/h2-6,8-15H,7,17-18H2,1H3. The summed E-state index contributed by atoms with van der Waals surface area (Å²) in [6, 6.07) is 25.6. The Morgan fingerprint density at radius 1 is 1.06 bits per heavy atom. The Morgan fingerprint density at radius 3 is 2.47 bits per heavy atom. The SMILES string of the molecule is COc1ccc(-n2c(SCC(=O)N(CCC#N)c3ccccc3)nc3ccccc3c2=O)cc1. The van der Waals surface area contributed by atoms with Crippen molar-refractivity contribution in [3.8, 4) is 17.5 Å². The summed E-state index contributed by atoms with van der Waals surface area (Å²) in [7, 11) is 1.58. The number of fused-ring (bicyclic) bond motifs is 1. The van der Waals surface area contributed by atoms with Crippen LogP contribution in [0.3, 0.4) is 0 Å². The first-order valence-electron chi connectivity index (χ1n) is 10.6. The normalized spacial score (nSPS) is 10.6. The smallest absolute Gasteiger partial charge is 0.266 e. The number of methoxy groups -OCH3 is 1. The lowest BCUT2D eigenvalue weighted by Gasteiger charge is -2.22. The fraction of sp³-hybridized carbons (Fsp3) is 0.154. The van der Waals surface area contributed by atoms with E-state index in [9.17, 15) is 9.59 Å². The van der Waals surface area contributed by atoms with E-state index in [-0.39, 0.29) is 30.2 Å². The molecule has 0 atom stereocenters. The predicted octanol–water partition coefficient (Wildman–Crippen LogP) is 4.43. The summed E-state index contributed by atoms with van der Waals surface area (Å²) in [6.07, 6.45) is 0.218. The van der Waals surface area contributed by atoms with Crippen LogP contribution < -0.4 is 15.2 Å². The molecule has 0 saturated heterocycles. The molecule has 0 aliphatic carbocycles. The van der Waals surface area contributed by atoms with Crippen molar-refractivity contribution >= 4 is 34.3 Å². The van der Waals surface area contributed by atoms with Gasteiger partial charge in [0.15, 0.2) is 5.16 Å². The van der Waals surface area contributed by atoms with Gasteiger partial charge in [0.05, 0.1) is 41.9 Å². The molecule has 0 aliphatic heterocycles. The fourth-order valence-corrected chi connectivity index (χ4v) is 4.43. The molecule has 0 radical (unpaired) electrons. The quantitative estimate of drug-likeness (QED) is 0.280. The zero-order valence-electron chi connectivity index (χ0n) is 18.5. The molecule has 1 amide bonds. The number of hydrogen-bond acceptors (Lipinski definition) is 6. The first-order chi connectivity index (χ1) is 16.6. The van der Waals surface area contributed by atoms with Gasteiger partial charge in [0.2, 0.25) is 5.91 Å². The Labute approximate surface area is 201 Å². The van der Waals surface area contributed by atoms with Gasteiger partial charge < -0.3 is 9.64 Å². The van der Waals surface area contributed by atoms with Crippen LogP contribution in [-0.4, -0.2) is 34.9 Å². The number of nitriles is 1. The summed E-state index contributed by atoms with van der Waals surface area (Å²) in [4.78, 5) is 32.8. The van der Waals surface area contributed by atoms with Gasteiger partial charge >= 0.3 is 0 Å². The minimum Gasteiger partial charge on any atom is -0.497 e. The van der Waals surface area contributed by atoms with E-state index in [4.69, 9.17) is 15.0 Å². The van der Waals surface area contributed by atoms with Crippen molar-refractivity contribution in [1.82, 2.24) is 9.55 Å². The average molecular weight is 471 g/mol. The highest BCUT2D eigenvalue weighted by molar-refractivity contribution is 7.99. The zero-order chi connectivity index (χ0) is 23.9. The maximum atomic E-state index is 13.4. The lowest BCUT2D eigenvalue weighted by molar-refractivity contribution is -0.116. The van der Waals surface area contributed by atoms with Gasteiger partial charge in [-0.3, -0.25) is 14.2 Å². The highest BCUT2D eigenvalue weighted by atomic mass is 32.2. The van der Waals surface area contributed by atoms with Crippen molar-refractivity contribution < 1.29 is 9.53 Å². The van der Waals surface area contributed by atoms with Gasteiger partial charge in [-0.05, 0) is 48.5 Å². The Hall–Kier alpha value is -4.09. The maximum absolute atomic E-state index is 13.4. The second-order valence-electron chi connectivity index (χ2n) is 7.33. The van der Waals surface area contributed by atoms with Gasteiger partial charge in [-0.1, -0.05) is 42.1 Å². The molecule has 4 rings (SSSR count). The second-order valence-corrected chi connectivity index (χ2v) is 8.27.